The molecule has 0 aromatic heterocycles. The van der Waals surface area contributed by atoms with Crippen LogP contribution >= 0.6 is 0 Å². The number of ketones is 2. The van der Waals surface area contributed by atoms with Crippen LogP contribution in [0.4, 0.5) is 0 Å². The molecule has 8 unspecified atom stereocenters. The molecule has 8 rings (SSSR count). The maximum absolute atomic E-state index is 13.1. The zero-order valence-electron chi connectivity index (χ0n) is 38.5. The van der Waals surface area contributed by atoms with Gasteiger partial charge in [0, 0.05) is 0 Å². The summed E-state index contributed by atoms with van der Waals surface area (Å²) in [6.45, 7) is 25.4. The van der Waals surface area contributed by atoms with Crippen LogP contribution in [0.1, 0.15) is 172 Å². The van der Waals surface area contributed by atoms with Gasteiger partial charge in [0.05, 0.1) is 0 Å². The Balaban J connectivity index is 1.08. The fourth-order valence-corrected chi connectivity index (χ4v) is 27.8. The van der Waals surface area contributed by atoms with Crippen LogP contribution in [0, 0.1) is 92.7 Å². The molecule has 58 heavy (non-hydrogen) atoms. The second-order valence-electron chi connectivity index (χ2n) is 23.7. The van der Waals surface area contributed by atoms with Gasteiger partial charge in [-0.15, -0.1) is 0 Å². The van der Waals surface area contributed by atoms with Gasteiger partial charge in [-0.2, -0.15) is 0 Å². The fourth-order valence-electron chi connectivity index (χ4n) is 16.7. The van der Waals surface area contributed by atoms with Crippen molar-refractivity contribution in [2.75, 3.05) is 0 Å². The summed E-state index contributed by atoms with van der Waals surface area (Å²) in [5, 5.41) is 0. The van der Waals surface area contributed by atoms with Gasteiger partial charge in [-0.3, -0.25) is 0 Å². The van der Waals surface area contributed by atoms with Crippen molar-refractivity contribution in [3.05, 3.63) is 47.6 Å². The third kappa shape index (κ3) is 7.63. The summed E-state index contributed by atoms with van der Waals surface area (Å²) < 4.78 is 0. The van der Waals surface area contributed by atoms with E-state index in [4.69, 9.17) is 0 Å². The summed E-state index contributed by atoms with van der Waals surface area (Å²) in [6.07, 6.45) is 34.7. The molecule has 16 atom stereocenters. The second kappa shape index (κ2) is 16.8. The Bertz CT molecular complexity index is 1560. The molecule has 4 heteroatoms. The van der Waals surface area contributed by atoms with E-state index >= 15 is 0 Å². The molecule has 0 amide bonds. The summed E-state index contributed by atoms with van der Waals surface area (Å²) >= 11 is 1.13. The first-order chi connectivity index (χ1) is 27.5. The Kier molecular flexibility index (Phi) is 12.7. The molecule has 0 saturated heterocycles. The SMILES string of the molecule is CC(C)CCC[C@@H](C)[C@H]1CCC2C3C([Se][Se]C4CC5=CC(=O)C=C[C@]5(C)C5CC[C@@]6(C)C(CC[C@@H]6[C@H](C)CCCC(C)C)C45)CC4=CC(=O)C=C[C@]4(C)C3CC[C@@]21C. The van der Waals surface area contributed by atoms with Gasteiger partial charge in [0.1, 0.15) is 0 Å². The number of fused-ring (bicyclic) bond motifs is 10. The number of rotatable bonds is 13. The molecule has 6 saturated carbocycles. The van der Waals surface area contributed by atoms with Crippen LogP contribution < -0.4 is 0 Å². The Morgan fingerprint density at radius 3 is 1.33 bits per heavy atom. The summed E-state index contributed by atoms with van der Waals surface area (Å²) in [7, 11) is 0. The Morgan fingerprint density at radius 1 is 0.552 bits per heavy atom. The molecule has 8 aliphatic rings. The quantitative estimate of drug-likeness (QED) is 0.173. The van der Waals surface area contributed by atoms with E-state index in [0.29, 0.717) is 48.9 Å². The number of hydrogen-bond donors (Lipinski definition) is 0. The molecule has 0 heterocycles. The van der Waals surface area contributed by atoms with E-state index in [9.17, 15) is 9.59 Å². The molecule has 8 aliphatic carbocycles. The van der Waals surface area contributed by atoms with Crippen molar-refractivity contribution in [3.63, 3.8) is 0 Å². The van der Waals surface area contributed by atoms with Gasteiger partial charge in [0.15, 0.2) is 0 Å². The van der Waals surface area contributed by atoms with E-state index in [1.54, 1.807) is 0 Å². The maximum atomic E-state index is 13.1. The topological polar surface area (TPSA) is 34.1 Å². The van der Waals surface area contributed by atoms with Crippen molar-refractivity contribution >= 4 is 37.8 Å². The van der Waals surface area contributed by atoms with Crippen molar-refractivity contribution in [1.29, 1.82) is 0 Å². The minimum atomic E-state index is 0.0493. The van der Waals surface area contributed by atoms with E-state index in [1.165, 1.54) is 101 Å². The minimum absolute atomic E-state index is 0.0493. The normalized spacial score (nSPS) is 45.2. The van der Waals surface area contributed by atoms with Crippen molar-refractivity contribution < 1.29 is 9.59 Å². The molecule has 0 aromatic rings. The van der Waals surface area contributed by atoms with Crippen LogP contribution in [0.25, 0.3) is 0 Å². The first-order valence-corrected chi connectivity index (χ1v) is 31.0. The van der Waals surface area contributed by atoms with Crippen LogP contribution in [0.5, 0.6) is 0 Å². The molecule has 0 spiro atoms. The fraction of sp³-hybridized carbons (Fsp3) is 0.815. The molecule has 0 N–H and O–H groups in total. The van der Waals surface area contributed by atoms with Gasteiger partial charge in [0.2, 0.25) is 0 Å². The second-order valence-corrected chi connectivity index (χ2v) is 31.2. The first-order valence-electron chi connectivity index (χ1n) is 24.7. The molecular weight excluding hydrogens is 839 g/mol. The molecule has 0 aliphatic heterocycles. The van der Waals surface area contributed by atoms with Gasteiger partial charge < -0.3 is 0 Å². The van der Waals surface area contributed by atoms with E-state index in [2.05, 4.69) is 93.5 Å². The van der Waals surface area contributed by atoms with Crippen LogP contribution in [0.15, 0.2) is 47.6 Å². The average Bonchev–Trinajstić information content (AvgIpc) is 3.71. The molecule has 322 valence electrons. The third-order valence-electron chi connectivity index (χ3n) is 19.8. The Hall–Kier alpha value is -0.661. The molecule has 0 radical (unpaired) electrons. The Morgan fingerprint density at radius 2 is 0.948 bits per heavy atom. The van der Waals surface area contributed by atoms with Crippen LogP contribution in [0.3, 0.4) is 0 Å². The van der Waals surface area contributed by atoms with Gasteiger partial charge in [-0.05, 0) is 0 Å². The van der Waals surface area contributed by atoms with E-state index in [0.717, 1.165) is 81.7 Å². The van der Waals surface area contributed by atoms with Crippen LogP contribution in [-0.4, -0.2) is 37.8 Å². The number of carbonyl (C=O) groups excluding carboxylic acids is 2. The van der Waals surface area contributed by atoms with Crippen LogP contribution in [0.2, 0.25) is 9.63 Å². The first kappa shape index (κ1) is 44.0. The zero-order valence-corrected chi connectivity index (χ0v) is 41.9. The Labute approximate surface area is 367 Å². The summed E-state index contributed by atoms with van der Waals surface area (Å²) in [6, 6.07) is 0. The predicted molar refractivity (Wildman–Crippen MR) is 246 cm³/mol. The van der Waals surface area contributed by atoms with Gasteiger partial charge in [0.25, 0.3) is 0 Å². The van der Waals surface area contributed by atoms with Crippen LogP contribution in [-0.2, 0) is 9.59 Å². The summed E-state index contributed by atoms with van der Waals surface area (Å²) in [5.41, 5.74) is 3.98. The van der Waals surface area contributed by atoms with E-state index in [1.807, 2.05) is 12.2 Å². The molecule has 0 aromatic carbocycles. The van der Waals surface area contributed by atoms with Crippen molar-refractivity contribution in [1.82, 2.24) is 0 Å². The van der Waals surface area contributed by atoms with Gasteiger partial charge in [-0.1, -0.05) is 0 Å². The molecule has 0 bridgehead atoms. The number of allylic oxidation sites excluding steroid dienone is 8. The number of hydrogen-bond acceptors (Lipinski definition) is 2. The van der Waals surface area contributed by atoms with E-state index < -0.39 is 0 Å². The standard InChI is InChI=1S/C54H82O2Se2/c1-33(2)13-11-15-35(5)41-17-19-43-49-45(23-27-53(41,43)9)51(7)25-21-39(55)29-37(51)31-47(49)57-58-48-32-38-30-40(56)22-26-52(38,8)46-24-28-54(10)42(18-20-44(54)50(46)48)36(6)16-12-14-34(3)4/h21-22,25-26,29-30,33-36,41-50H,11-20,23-24,27-28,31-32H2,1-10H3/t35-,36-,41-,42-,43?,44?,45?,46?,47?,48?,49?,50?,51+,52+,53-,54-/m1/s1. The molecule has 6 fully saturated rings. The predicted octanol–water partition coefficient (Wildman–Crippen LogP) is 13.9. The monoisotopic (exact) mass is 922 g/mol. The van der Waals surface area contributed by atoms with Gasteiger partial charge in [-0.25, -0.2) is 0 Å². The summed E-state index contributed by atoms with van der Waals surface area (Å²) in [4.78, 5) is 27.6. The van der Waals surface area contributed by atoms with Gasteiger partial charge >= 0.3 is 369 Å². The van der Waals surface area contributed by atoms with Crippen molar-refractivity contribution in [3.8, 4) is 0 Å². The summed E-state index contributed by atoms with van der Waals surface area (Å²) in [5.74, 6) is 10.0. The average molecular weight is 921 g/mol. The zero-order chi connectivity index (χ0) is 41.4. The molecular formula is C54H82O2Se2. The van der Waals surface area contributed by atoms with Crippen molar-refractivity contribution in [2.24, 2.45) is 92.7 Å². The third-order valence-corrected chi connectivity index (χ3v) is 29.7. The van der Waals surface area contributed by atoms with E-state index in [-0.39, 0.29) is 22.4 Å². The number of carbonyl (C=O) groups is 2. The molecule has 2 nitrogen and oxygen atoms in total. The van der Waals surface area contributed by atoms with Crippen molar-refractivity contribution in [2.45, 2.75) is 182 Å².